The van der Waals surface area contributed by atoms with Crippen molar-refractivity contribution in [1.29, 1.82) is 0 Å². The Morgan fingerprint density at radius 3 is 2.50 bits per heavy atom. The van der Waals surface area contributed by atoms with E-state index in [-0.39, 0.29) is 6.04 Å². The Labute approximate surface area is 123 Å². The number of hydrogen-bond acceptors (Lipinski definition) is 3. The molecule has 20 heavy (non-hydrogen) atoms. The fourth-order valence-corrected chi connectivity index (χ4v) is 3.02. The average molecular weight is 276 g/mol. The van der Waals surface area contributed by atoms with Gasteiger partial charge in [0.25, 0.3) is 0 Å². The predicted molar refractivity (Wildman–Crippen MR) is 83.9 cm³/mol. The minimum atomic E-state index is 0.279. The third kappa shape index (κ3) is 4.89. The van der Waals surface area contributed by atoms with Crippen LogP contribution in [-0.4, -0.2) is 44.3 Å². The van der Waals surface area contributed by atoms with Gasteiger partial charge in [0.15, 0.2) is 0 Å². The standard InChI is InChI=1S/C17H28N2O/c1-15(13-19-11-7-4-8-12-19)18-17(14-20-2)16-9-5-3-6-10-16/h3,5-6,9-10,15,17-18H,4,7-8,11-14H2,1-2H3. The SMILES string of the molecule is COCC(NC(C)CN1CCCCC1)c1ccccc1. The summed E-state index contributed by atoms with van der Waals surface area (Å²) in [4.78, 5) is 2.58. The Morgan fingerprint density at radius 2 is 1.85 bits per heavy atom. The molecule has 1 heterocycles. The predicted octanol–water partition coefficient (Wildman–Crippen LogP) is 2.84. The van der Waals surface area contributed by atoms with Crippen LogP contribution in [0.15, 0.2) is 30.3 Å². The van der Waals surface area contributed by atoms with Gasteiger partial charge in [-0.3, -0.25) is 0 Å². The van der Waals surface area contributed by atoms with Crippen molar-refractivity contribution in [2.24, 2.45) is 0 Å². The monoisotopic (exact) mass is 276 g/mol. The lowest BCUT2D eigenvalue weighted by Gasteiger charge is -2.31. The van der Waals surface area contributed by atoms with Gasteiger partial charge in [0.2, 0.25) is 0 Å². The molecule has 1 aromatic carbocycles. The summed E-state index contributed by atoms with van der Waals surface area (Å²) in [6.07, 6.45) is 4.11. The Kier molecular flexibility index (Phi) is 6.51. The summed E-state index contributed by atoms with van der Waals surface area (Å²) < 4.78 is 5.37. The fourth-order valence-electron chi connectivity index (χ4n) is 3.02. The molecule has 0 spiro atoms. The van der Waals surface area contributed by atoms with Crippen LogP contribution in [0.3, 0.4) is 0 Å². The van der Waals surface area contributed by atoms with Crippen molar-refractivity contribution < 1.29 is 4.74 Å². The summed E-state index contributed by atoms with van der Waals surface area (Å²) in [5.41, 5.74) is 1.31. The largest absolute Gasteiger partial charge is 0.383 e. The molecule has 1 aliphatic heterocycles. The first kappa shape index (κ1) is 15.5. The zero-order valence-corrected chi connectivity index (χ0v) is 12.8. The number of ether oxygens (including phenoxy) is 1. The minimum absolute atomic E-state index is 0.279. The maximum Gasteiger partial charge on any atom is 0.0657 e. The van der Waals surface area contributed by atoms with Crippen molar-refractivity contribution in [2.75, 3.05) is 33.4 Å². The molecule has 2 unspecified atom stereocenters. The molecule has 0 saturated carbocycles. The van der Waals surface area contributed by atoms with Crippen LogP contribution in [0.2, 0.25) is 0 Å². The second-order valence-corrected chi connectivity index (χ2v) is 5.85. The van der Waals surface area contributed by atoms with Crippen molar-refractivity contribution in [1.82, 2.24) is 10.2 Å². The van der Waals surface area contributed by atoms with Crippen LogP contribution in [0.4, 0.5) is 0 Å². The molecule has 1 aliphatic rings. The van der Waals surface area contributed by atoms with E-state index in [1.54, 1.807) is 7.11 Å². The number of methoxy groups -OCH3 is 1. The highest BCUT2D eigenvalue weighted by atomic mass is 16.5. The van der Waals surface area contributed by atoms with Gasteiger partial charge in [-0.15, -0.1) is 0 Å². The lowest BCUT2D eigenvalue weighted by atomic mass is 10.1. The number of likely N-dealkylation sites (tertiary alicyclic amines) is 1. The van der Waals surface area contributed by atoms with Gasteiger partial charge in [0.05, 0.1) is 12.6 Å². The molecular formula is C17H28N2O. The fraction of sp³-hybridized carbons (Fsp3) is 0.647. The molecular weight excluding hydrogens is 248 g/mol. The van der Waals surface area contributed by atoms with Gasteiger partial charge < -0.3 is 15.0 Å². The van der Waals surface area contributed by atoms with E-state index in [0.29, 0.717) is 12.6 Å². The molecule has 3 nitrogen and oxygen atoms in total. The molecule has 1 aromatic rings. The van der Waals surface area contributed by atoms with Crippen LogP contribution in [0, 0.1) is 0 Å². The van der Waals surface area contributed by atoms with Gasteiger partial charge in [-0.25, -0.2) is 0 Å². The van der Waals surface area contributed by atoms with Gasteiger partial charge in [-0.05, 0) is 38.4 Å². The molecule has 0 aromatic heterocycles. The van der Waals surface area contributed by atoms with E-state index >= 15 is 0 Å². The number of piperidine rings is 1. The van der Waals surface area contributed by atoms with E-state index in [2.05, 4.69) is 47.5 Å². The first-order valence-corrected chi connectivity index (χ1v) is 7.82. The van der Waals surface area contributed by atoms with Crippen molar-refractivity contribution in [3.63, 3.8) is 0 Å². The van der Waals surface area contributed by atoms with E-state index in [4.69, 9.17) is 4.74 Å². The zero-order chi connectivity index (χ0) is 14.2. The van der Waals surface area contributed by atoms with Gasteiger partial charge >= 0.3 is 0 Å². The molecule has 0 radical (unpaired) electrons. The van der Waals surface area contributed by atoms with Gasteiger partial charge in [-0.2, -0.15) is 0 Å². The second kappa shape index (κ2) is 8.40. The summed E-state index contributed by atoms with van der Waals surface area (Å²) in [5.74, 6) is 0. The second-order valence-electron chi connectivity index (χ2n) is 5.85. The molecule has 112 valence electrons. The number of rotatable bonds is 7. The van der Waals surface area contributed by atoms with Crippen molar-refractivity contribution in [3.8, 4) is 0 Å². The van der Waals surface area contributed by atoms with Gasteiger partial charge in [0, 0.05) is 19.7 Å². The van der Waals surface area contributed by atoms with E-state index in [9.17, 15) is 0 Å². The number of nitrogens with zero attached hydrogens (tertiary/aromatic N) is 1. The molecule has 1 N–H and O–H groups in total. The lowest BCUT2D eigenvalue weighted by Crippen LogP contribution is -2.43. The molecule has 0 aliphatic carbocycles. The summed E-state index contributed by atoms with van der Waals surface area (Å²) in [7, 11) is 1.77. The molecule has 2 atom stereocenters. The van der Waals surface area contributed by atoms with E-state index < -0.39 is 0 Å². The molecule has 2 rings (SSSR count). The van der Waals surface area contributed by atoms with Crippen molar-refractivity contribution in [3.05, 3.63) is 35.9 Å². The Morgan fingerprint density at radius 1 is 1.15 bits per heavy atom. The quantitative estimate of drug-likeness (QED) is 0.829. The molecule has 3 heteroatoms. The van der Waals surface area contributed by atoms with E-state index in [1.807, 2.05) is 0 Å². The highest BCUT2D eigenvalue weighted by Gasteiger charge is 2.17. The molecule has 1 fully saturated rings. The van der Waals surface area contributed by atoms with Crippen LogP contribution in [0.5, 0.6) is 0 Å². The van der Waals surface area contributed by atoms with Crippen molar-refractivity contribution in [2.45, 2.75) is 38.3 Å². The highest BCUT2D eigenvalue weighted by molar-refractivity contribution is 5.19. The van der Waals surface area contributed by atoms with Gasteiger partial charge in [0.1, 0.15) is 0 Å². The average Bonchev–Trinajstić information content (AvgIpc) is 2.49. The maximum absolute atomic E-state index is 5.37. The molecule has 0 bridgehead atoms. The number of benzene rings is 1. The topological polar surface area (TPSA) is 24.5 Å². The normalized spacial score (nSPS) is 19.7. The van der Waals surface area contributed by atoms with Crippen molar-refractivity contribution >= 4 is 0 Å². The first-order chi connectivity index (χ1) is 9.79. The van der Waals surface area contributed by atoms with Crippen LogP contribution in [-0.2, 0) is 4.74 Å². The summed E-state index contributed by atoms with van der Waals surface area (Å²) in [6.45, 7) is 6.64. The van der Waals surface area contributed by atoms with Gasteiger partial charge in [-0.1, -0.05) is 36.8 Å². The molecule has 1 saturated heterocycles. The van der Waals surface area contributed by atoms with E-state index in [0.717, 1.165) is 6.54 Å². The minimum Gasteiger partial charge on any atom is -0.383 e. The third-order valence-electron chi connectivity index (χ3n) is 4.00. The Bertz CT molecular complexity index is 363. The van der Waals surface area contributed by atoms with Crippen LogP contribution >= 0.6 is 0 Å². The maximum atomic E-state index is 5.37. The smallest absolute Gasteiger partial charge is 0.0657 e. The van der Waals surface area contributed by atoms with Crippen LogP contribution in [0.1, 0.15) is 37.8 Å². The Balaban J connectivity index is 1.87. The van der Waals surface area contributed by atoms with E-state index in [1.165, 1.54) is 37.9 Å². The Hall–Kier alpha value is -0.900. The highest BCUT2D eigenvalue weighted by Crippen LogP contribution is 2.15. The van der Waals surface area contributed by atoms with Crippen LogP contribution in [0.25, 0.3) is 0 Å². The van der Waals surface area contributed by atoms with Crippen LogP contribution < -0.4 is 5.32 Å². The number of hydrogen-bond donors (Lipinski definition) is 1. The first-order valence-electron chi connectivity index (χ1n) is 7.82. The summed E-state index contributed by atoms with van der Waals surface area (Å²) in [6, 6.07) is 11.3. The number of nitrogens with one attached hydrogen (secondary N) is 1. The molecule has 0 amide bonds. The summed E-state index contributed by atoms with van der Waals surface area (Å²) >= 11 is 0. The summed E-state index contributed by atoms with van der Waals surface area (Å²) in [5, 5.41) is 3.71. The zero-order valence-electron chi connectivity index (χ0n) is 12.8. The third-order valence-corrected chi connectivity index (χ3v) is 4.00. The lowest BCUT2D eigenvalue weighted by molar-refractivity contribution is 0.150.